The summed E-state index contributed by atoms with van der Waals surface area (Å²) >= 11 is 5.64. The van der Waals surface area contributed by atoms with Crippen molar-refractivity contribution in [1.29, 1.82) is 5.26 Å². The third-order valence-corrected chi connectivity index (χ3v) is 5.29. The van der Waals surface area contributed by atoms with Crippen LogP contribution in [0.1, 0.15) is 36.8 Å². The molecule has 3 rings (SSSR count). The van der Waals surface area contributed by atoms with Gasteiger partial charge >= 0.3 is 5.97 Å². The molecule has 1 N–H and O–H groups in total. The maximum Gasteiger partial charge on any atom is 0.338 e. The molecular weight excluding hydrogens is 372 g/mol. The molecule has 1 aromatic heterocycles. The molecule has 0 unspecified atom stereocenters. The van der Waals surface area contributed by atoms with E-state index in [9.17, 15) is 10.1 Å². The fourth-order valence-electron chi connectivity index (χ4n) is 3.46. The number of nitriles is 1. The number of hydrogen-bond donors (Lipinski definition) is 1. The zero-order chi connectivity index (χ0) is 20.4. The van der Waals surface area contributed by atoms with Crippen LogP contribution in [0.15, 0.2) is 47.7 Å². The number of nitrogens with one attached hydrogen (secondary N) is 1. The smallest absolute Gasteiger partial charge is 0.338 e. The summed E-state index contributed by atoms with van der Waals surface area (Å²) < 4.78 is 7.15. The van der Waals surface area contributed by atoms with Crippen LogP contribution in [0.4, 0.5) is 5.69 Å². The topological polar surface area (TPSA) is 70.3 Å². The zero-order valence-electron chi connectivity index (χ0n) is 16.3. The number of esters is 1. The van der Waals surface area contributed by atoms with Gasteiger partial charge in [-0.1, -0.05) is 18.2 Å². The number of aromatic nitrogens is 1. The quantitative estimate of drug-likeness (QED) is 0.632. The van der Waals surface area contributed by atoms with Gasteiger partial charge in [0.2, 0.25) is 0 Å². The second kappa shape index (κ2) is 7.87. The molecule has 2 aromatic rings. The number of thiocarbonyl (C=S) groups is 1. The minimum Gasteiger partial charge on any atom is -0.463 e. The number of ether oxygens (including phenoxy) is 1. The average molecular weight is 395 g/mol. The Morgan fingerprint density at radius 3 is 2.57 bits per heavy atom. The Hall–Kier alpha value is -3.11. The van der Waals surface area contributed by atoms with Crippen molar-refractivity contribution in [3.8, 4) is 6.07 Å². The summed E-state index contributed by atoms with van der Waals surface area (Å²) in [5.41, 5.74) is 4.29. The van der Waals surface area contributed by atoms with E-state index in [4.69, 9.17) is 17.0 Å². The van der Waals surface area contributed by atoms with Crippen LogP contribution in [0.25, 0.3) is 0 Å². The highest BCUT2D eigenvalue weighted by atomic mass is 32.1. The van der Waals surface area contributed by atoms with Crippen LogP contribution in [0.2, 0.25) is 0 Å². The SMILES string of the molecule is CCOC(=O)C1=C(C)N(c2ccccc2)C(=S)N[C@@H]1c1cc(C#N)n(C)c1C. The second-order valence-electron chi connectivity index (χ2n) is 6.51. The van der Waals surface area contributed by atoms with E-state index in [0.29, 0.717) is 22.1 Å². The number of hydrogen-bond acceptors (Lipinski definition) is 4. The number of anilines is 1. The molecule has 1 aliphatic heterocycles. The van der Waals surface area contributed by atoms with Gasteiger partial charge in [-0.15, -0.1) is 0 Å². The van der Waals surface area contributed by atoms with Gasteiger partial charge in [-0.25, -0.2) is 4.79 Å². The molecule has 144 valence electrons. The molecule has 0 fully saturated rings. The third kappa shape index (κ3) is 3.27. The van der Waals surface area contributed by atoms with E-state index in [-0.39, 0.29) is 6.61 Å². The van der Waals surface area contributed by atoms with Gasteiger partial charge in [0.15, 0.2) is 5.11 Å². The van der Waals surface area contributed by atoms with Gasteiger partial charge in [0.25, 0.3) is 0 Å². The highest BCUT2D eigenvalue weighted by molar-refractivity contribution is 7.80. The van der Waals surface area contributed by atoms with Crippen molar-refractivity contribution in [2.75, 3.05) is 11.5 Å². The summed E-state index contributed by atoms with van der Waals surface area (Å²) in [5, 5.41) is 13.2. The molecule has 0 bridgehead atoms. The Labute approximate surface area is 170 Å². The molecule has 0 aliphatic carbocycles. The maximum atomic E-state index is 12.9. The zero-order valence-corrected chi connectivity index (χ0v) is 17.1. The first-order valence-electron chi connectivity index (χ1n) is 9.00. The first kappa shape index (κ1) is 19.6. The average Bonchev–Trinajstić information content (AvgIpc) is 2.96. The number of rotatable bonds is 4. The van der Waals surface area contributed by atoms with Crippen LogP contribution in [0.5, 0.6) is 0 Å². The first-order chi connectivity index (χ1) is 13.4. The molecule has 0 saturated heterocycles. The van der Waals surface area contributed by atoms with Gasteiger partial charge < -0.3 is 14.6 Å². The van der Waals surface area contributed by atoms with Crippen molar-refractivity contribution in [1.82, 2.24) is 9.88 Å². The van der Waals surface area contributed by atoms with Gasteiger partial charge in [0.05, 0.1) is 18.2 Å². The van der Waals surface area contributed by atoms with E-state index in [2.05, 4.69) is 11.4 Å². The molecule has 28 heavy (non-hydrogen) atoms. The van der Waals surface area contributed by atoms with Crippen molar-refractivity contribution in [2.24, 2.45) is 7.05 Å². The van der Waals surface area contributed by atoms with Crippen molar-refractivity contribution >= 4 is 29.0 Å². The summed E-state index contributed by atoms with van der Waals surface area (Å²) in [5.74, 6) is -0.400. The number of nitrogens with zero attached hydrogens (tertiary/aromatic N) is 3. The molecule has 0 amide bonds. The summed E-state index contributed by atoms with van der Waals surface area (Å²) in [7, 11) is 1.83. The van der Waals surface area contributed by atoms with E-state index in [1.165, 1.54) is 0 Å². The van der Waals surface area contributed by atoms with Gasteiger partial charge in [-0.05, 0) is 51.2 Å². The molecule has 0 saturated carbocycles. The van der Waals surface area contributed by atoms with Crippen molar-refractivity contribution in [3.63, 3.8) is 0 Å². The summed E-state index contributed by atoms with van der Waals surface area (Å²) in [6, 6.07) is 13.1. The first-order valence-corrected chi connectivity index (χ1v) is 9.41. The van der Waals surface area contributed by atoms with Gasteiger partial charge in [-0.2, -0.15) is 5.26 Å². The number of carbonyl (C=O) groups excluding carboxylic acids is 1. The largest absolute Gasteiger partial charge is 0.463 e. The fraction of sp³-hybridized carbons (Fsp3) is 0.286. The Morgan fingerprint density at radius 2 is 2.00 bits per heavy atom. The van der Waals surface area contributed by atoms with Crippen LogP contribution >= 0.6 is 12.2 Å². The van der Waals surface area contributed by atoms with Crippen molar-refractivity contribution in [3.05, 3.63) is 64.6 Å². The Balaban J connectivity index is 2.19. The number of carbonyl (C=O) groups is 1. The third-order valence-electron chi connectivity index (χ3n) is 4.99. The lowest BCUT2D eigenvalue weighted by Gasteiger charge is -2.37. The Morgan fingerprint density at radius 1 is 1.32 bits per heavy atom. The fourth-order valence-corrected chi connectivity index (χ4v) is 3.82. The molecule has 0 spiro atoms. The standard InChI is InChI=1S/C21H22N4O2S/c1-5-27-20(26)18-14(3)25(15-9-7-6-8-10-15)21(28)23-19(18)17-11-16(12-22)24(4)13(17)2/h6-11,19H,5H2,1-4H3,(H,23,28)/t19-/m1/s1. The number of allylic oxidation sites excluding steroid dienone is 1. The summed E-state index contributed by atoms with van der Waals surface area (Å²) in [4.78, 5) is 14.7. The van der Waals surface area contributed by atoms with Crippen molar-refractivity contribution < 1.29 is 9.53 Å². The summed E-state index contributed by atoms with van der Waals surface area (Å²) in [6.45, 7) is 5.83. The second-order valence-corrected chi connectivity index (χ2v) is 6.90. The Bertz CT molecular complexity index is 1000. The number of benzene rings is 1. The van der Waals surface area contributed by atoms with Crippen LogP contribution in [0, 0.1) is 18.3 Å². The van der Waals surface area contributed by atoms with Crippen LogP contribution in [0.3, 0.4) is 0 Å². The van der Waals surface area contributed by atoms with Gasteiger partial charge in [-0.3, -0.25) is 4.90 Å². The monoisotopic (exact) mass is 394 g/mol. The van der Waals surface area contributed by atoms with Gasteiger partial charge in [0.1, 0.15) is 11.8 Å². The maximum absolute atomic E-state index is 12.9. The lowest BCUT2D eigenvalue weighted by Crippen LogP contribution is -2.48. The molecule has 1 aromatic carbocycles. The van der Waals surface area contributed by atoms with Crippen LogP contribution in [-0.4, -0.2) is 22.3 Å². The van der Waals surface area contributed by atoms with E-state index in [1.807, 2.05) is 60.7 Å². The van der Waals surface area contributed by atoms with Crippen molar-refractivity contribution in [2.45, 2.75) is 26.8 Å². The lowest BCUT2D eigenvalue weighted by molar-refractivity contribution is -0.139. The molecule has 0 radical (unpaired) electrons. The predicted octanol–water partition coefficient (Wildman–Crippen LogP) is 3.48. The minimum absolute atomic E-state index is 0.273. The number of para-hydroxylation sites is 1. The highest BCUT2D eigenvalue weighted by Crippen LogP contribution is 2.36. The van der Waals surface area contributed by atoms with Crippen LogP contribution < -0.4 is 10.2 Å². The molecule has 6 nitrogen and oxygen atoms in total. The highest BCUT2D eigenvalue weighted by Gasteiger charge is 2.37. The predicted molar refractivity (Wildman–Crippen MR) is 112 cm³/mol. The van der Waals surface area contributed by atoms with E-state index >= 15 is 0 Å². The summed E-state index contributed by atoms with van der Waals surface area (Å²) in [6.07, 6.45) is 0. The molecule has 2 heterocycles. The van der Waals surface area contributed by atoms with E-state index < -0.39 is 12.0 Å². The van der Waals surface area contributed by atoms with Gasteiger partial charge in [0, 0.05) is 29.7 Å². The van der Waals surface area contributed by atoms with Crippen LogP contribution in [-0.2, 0) is 16.6 Å². The molecule has 7 heteroatoms. The lowest BCUT2D eigenvalue weighted by atomic mass is 9.94. The molecular formula is C21H22N4O2S. The Kier molecular flexibility index (Phi) is 5.52. The molecule has 1 aliphatic rings. The normalized spacial score (nSPS) is 16.6. The van der Waals surface area contributed by atoms with E-state index in [0.717, 1.165) is 16.9 Å². The minimum atomic E-state index is -0.486. The molecule has 1 atom stereocenters. The van der Waals surface area contributed by atoms with E-state index in [1.54, 1.807) is 13.0 Å².